The van der Waals surface area contributed by atoms with E-state index < -0.39 is 112 Å². The lowest BCUT2D eigenvalue weighted by Crippen LogP contribution is -2.28. The zero-order valence-corrected chi connectivity index (χ0v) is 25.5. The molecule has 3 heteroatoms. The highest BCUT2D eigenvalue weighted by atomic mass is 15.0. The number of rotatable bonds is 5. The van der Waals surface area contributed by atoms with Crippen molar-refractivity contribution in [3.05, 3.63) is 163 Å². The molecule has 1 fully saturated rings. The van der Waals surface area contributed by atoms with Gasteiger partial charge in [-0.1, -0.05) is 159 Å². The van der Waals surface area contributed by atoms with Crippen LogP contribution in [-0.2, 0) is 5.41 Å². The number of hydrogen-bond donors (Lipinski definition) is 0. The smallest absolute Gasteiger partial charge is 0.164 e. The fraction of sp³-hybridized carbons (Fsp3) is 0.133. The lowest BCUT2D eigenvalue weighted by Gasteiger charge is -2.36. The van der Waals surface area contributed by atoms with Crippen LogP contribution in [0.5, 0.6) is 0 Å². The van der Waals surface area contributed by atoms with E-state index in [-0.39, 0.29) is 41.8 Å². The molecule has 1 heterocycles. The Hall–Kier alpha value is -5.67. The molecule has 6 aromatic carbocycles. The molecule has 1 saturated carbocycles. The first kappa shape index (κ1) is 16.9. The van der Waals surface area contributed by atoms with Gasteiger partial charge in [0.25, 0.3) is 0 Å². The van der Waals surface area contributed by atoms with Crippen LogP contribution in [0, 0.1) is 0 Å². The molecule has 0 radical (unpaired) electrons. The van der Waals surface area contributed by atoms with Gasteiger partial charge < -0.3 is 0 Å². The van der Waals surface area contributed by atoms with Crippen LogP contribution in [0.25, 0.3) is 67.5 Å². The molecule has 1 aromatic heterocycles. The van der Waals surface area contributed by atoms with E-state index in [1.54, 1.807) is 24.3 Å². The van der Waals surface area contributed by atoms with Crippen molar-refractivity contribution in [2.45, 2.75) is 37.4 Å². The molecule has 230 valence electrons. The maximum absolute atomic E-state index is 9.87. The third-order valence-corrected chi connectivity index (χ3v) is 8.65. The fourth-order valence-corrected chi connectivity index (χ4v) is 6.39. The summed E-state index contributed by atoms with van der Waals surface area (Å²) in [7, 11) is 0. The first-order valence-corrected chi connectivity index (χ1v) is 15.7. The van der Waals surface area contributed by atoms with E-state index in [9.17, 15) is 13.7 Å². The Kier molecular flexibility index (Phi) is 4.18. The standard InChI is InChI=1S/C45H35N3/c1-4-15-31(16-5-1)42-46-43(32-17-6-2-7-18-32)48-44(47-42)39-23-9-8-21-36(39)35-20-14-19-33(29-35)34-25-26-38-37-22-10-11-24-40(37)45(41(38)30-34)27-12-3-13-28-45/h1-2,4-11,14-26,29-30H,3,12-13,27-28H2/i10D,11D,14D,19D,20D,22D,24D,25D,26D,27D2,28D2,29D,30D. The lowest BCUT2D eigenvalue weighted by molar-refractivity contribution is 0.353. The zero-order valence-electron chi connectivity index (χ0n) is 40.5. The van der Waals surface area contributed by atoms with Gasteiger partial charge in [0, 0.05) is 27.6 Å². The van der Waals surface area contributed by atoms with Gasteiger partial charge in [-0.25, -0.2) is 15.0 Å². The van der Waals surface area contributed by atoms with Crippen molar-refractivity contribution >= 4 is 0 Å². The van der Waals surface area contributed by atoms with Crippen LogP contribution >= 0.6 is 0 Å². The van der Waals surface area contributed by atoms with Crippen molar-refractivity contribution in [2.24, 2.45) is 0 Å². The molecule has 48 heavy (non-hydrogen) atoms. The van der Waals surface area contributed by atoms with Gasteiger partial charge in [-0.05, 0) is 69.3 Å². The normalized spacial score (nSPS) is 21.0. The molecular formula is C45H35N3. The summed E-state index contributed by atoms with van der Waals surface area (Å²) in [5, 5.41) is 0. The second-order valence-corrected chi connectivity index (χ2v) is 11.5. The van der Waals surface area contributed by atoms with E-state index in [4.69, 9.17) is 21.8 Å². The molecule has 2 aliphatic rings. The van der Waals surface area contributed by atoms with Crippen LogP contribution in [0.4, 0.5) is 0 Å². The number of aromatic nitrogens is 3. The average molecular weight is 633 g/mol. The van der Waals surface area contributed by atoms with Gasteiger partial charge in [0.2, 0.25) is 0 Å². The van der Waals surface area contributed by atoms with Crippen LogP contribution in [0.1, 0.15) is 63.7 Å². The summed E-state index contributed by atoms with van der Waals surface area (Å²) < 4.78 is 139. The molecule has 9 rings (SSSR count). The quantitative estimate of drug-likeness (QED) is 0.189. The van der Waals surface area contributed by atoms with Crippen molar-refractivity contribution in [3.63, 3.8) is 0 Å². The van der Waals surface area contributed by atoms with Crippen LogP contribution in [-0.4, -0.2) is 15.0 Å². The summed E-state index contributed by atoms with van der Waals surface area (Å²) in [6.07, 6.45) is -5.70. The molecule has 0 amide bonds. The van der Waals surface area contributed by atoms with Gasteiger partial charge in [0.15, 0.2) is 17.5 Å². The van der Waals surface area contributed by atoms with Crippen LogP contribution in [0.3, 0.4) is 0 Å². The molecule has 0 unspecified atom stereocenters. The Morgan fingerprint density at radius 2 is 1.02 bits per heavy atom. The molecule has 1 spiro atoms. The Morgan fingerprint density at radius 1 is 0.438 bits per heavy atom. The summed E-state index contributed by atoms with van der Waals surface area (Å²) in [4.78, 5) is 14.4. The summed E-state index contributed by atoms with van der Waals surface area (Å²) in [5.41, 5.74) is -3.72. The second kappa shape index (κ2) is 11.8. The topological polar surface area (TPSA) is 38.7 Å². The van der Waals surface area contributed by atoms with E-state index in [1.165, 1.54) is 0 Å². The first-order chi connectivity index (χ1) is 29.9. The molecule has 0 N–H and O–H groups in total. The lowest BCUT2D eigenvalue weighted by atomic mass is 9.67. The van der Waals surface area contributed by atoms with Crippen molar-refractivity contribution in [2.75, 3.05) is 0 Å². The molecule has 7 aromatic rings. The summed E-state index contributed by atoms with van der Waals surface area (Å²) in [5.74, 6) is 0.801. The Morgan fingerprint density at radius 3 is 1.75 bits per heavy atom. The van der Waals surface area contributed by atoms with Crippen molar-refractivity contribution in [1.29, 1.82) is 0 Å². The Bertz CT molecular complexity index is 2990. The SMILES string of the molecule is [2H]c1c([2H])c(-c2ccccc2-c2nc(-c3ccccc3)nc(-c3ccccc3)n2)c([2H])c(-c2c([2H])c([2H])c3c(c2[2H])C2(c4c([2H])c([2H])c([2H])c([2H])c4-3)C([2H])([2H])CCCC2([2H])[2H])c1[2H]. The van der Waals surface area contributed by atoms with Gasteiger partial charge in [-0.2, -0.15) is 0 Å². The number of nitrogens with zero attached hydrogens (tertiary/aromatic N) is 3. The van der Waals surface area contributed by atoms with E-state index in [1.807, 2.05) is 60.7 Å². The summed E-state index contributed by atoms with van der Waals surface area (Å²) in [6, 6.07) is 17.3. The maximum Gasteiger partial charge on any atom is 0.164 e. The minimum absolute atomic E-state index is 0.0622. The fourth-order valence-electron chi connectivity index (χ4n) is 6.39. The third kappa shape index (κ3) is 4.86. The predicted octanol–water partition coefficient (Wildman–Crippen LogP) is 11.4. The monoisotopic (exact) mass is 632 g/mol. The third-order valence-electron chi connectivity index (χ3n) is 8.65. The van der Waals surface area contributed by atoms with Gasteiger partial charge in [0.1, 0.15) is 0 Å². The van der Waals surface area contributed by atoms with Gasteiger partial charge in [-0.15, -0.1) is 0 Å². The first-order valence-electron chi connectivity index (χ1n) is 23.2. The molecule has 0 aliphatic heterocycles. The van der Waals surface area contributed by atoms with Crippen molar-refractivity contribution in [3.8, 4) is 67.5 Å². The molecule has 2 aliphatic carbocycles. The highest BCUT2D eigenvalue weighted by molar-refractivity contribution is 5.87. The van der Waals surface area contributed by atoms with Crippen LogP contribution in [0.15, 0.2) is 151 Å². The van der Waals surface area contributed by atoms with E-state index >= 15 is 0 Å². The van der Waals surface area contributed by atoms with Gasteiger partial charge >= 0.3 is 0 Å². The summed E-state index contributed by atoms with van der Waals surface area (Å²) >= 11 is 0. The largest absolute Gasteiger partial charge is 0.208 e. The van der Waals surface area contributed by atoms with E-state index in [0.717, 1.165) is 0 Å². The average Bonchev–Trinajstić information content (AvgIpc) is 3.62. The minimum Gasteiger partial charge on any atom is -0.208 e. The number of fused-ring (bicyclic) bond motifs is 5. The molecule has 0 saturated heterocycles. The van der Waals surface area contributed by atoms with Gasteiger partial charge in [-0.3, -0.25) is 0 Å². The van der Waals surface area contributed by atoms with Crippen LogP contribution < -0.4 is 0 Å². The van der Waals surface area contributed by atoms with Crippen LogP contribution in [0.2, 0.25) is 0 Å². The number of hydrogen-bond acceptors (Lipinski definition) is 3. The van der Waals surface area contributed by atoms with Gasteiger partial charge in [0.05, 0.1) is 15.1 Å². The highest BCUT2D eigenvalue weighted by Crippen LogP contribution is 2.56. The minimum atomic E-state index is -2.61. The Balaban J connectivity index is 1.36. The van der Waals surface area contributed by atoms with Crippen molar-refractivity contribution < 1.29 is 20.6 Å². The highest BCUT2D eigenvalue weighted by Gasteiger charge is 2.43. The van der Waals surface area contributed by atoms with E-state index in [0.29, 0.717) is 28.3 Å². The molecule has 0 bridgehead atoms. The van der Waals surface area contributed by atoms with E-state index in [2.05, 4.69) is 0 Å². The number of benzene rings is 6. The second-order valence-electron chi connectivity index (χ2n) is 11.5. The Labute approximate surface area is 303 Å². The molecule has 3 nitrogen and oxygen atoms in total. The predicted molar refractivity (Wildman–Crippen MR) is 196 cm³/mol. The molecule has 0 atom stereocenters. The summed E-state index contributed by atoms with van der Waals surface area (Å²) in [6.45, 7) is 0. The molecular weight excluding hydrogens is 583 g/mol. The zero-order chi connectivity index (χ0) is 45.1. The maximum atomic E-state index is 9.87. The van der Waals surface area contributed by atoms with Crippen molar-refractivity contribution in [1.82, 2.24) is 15.0 Å².